The minimum absolute atomic E-state index is 0.0192. The monoisotopic (exact) mass is 410 g/mol. The summed E-state index contributed by atoms with van der Waals surface area (Å²) in [6, 6.07) is 9.13. The zero-order chi connectivity index (χ0) is 21.3. The number of hydrogen-bond acceptors (Lipinski definition) is 6. The zero-order valence-electron chi connectivity index (χ0n) is 16.9. The molecule has 0 aliphatic carbocycles. The number of halogens is 1. The predicted molar refractivity (Wildman–Crippen MR) is 110 cm³/mol. The van der Waals surface area contributed by atoms with Gasteiger partial charge in [0, 0.05) is 23.9 Å². The van der Waals surface area contributed by atoms with Crippen molar-refractivity contribution in [3.05, 3.63) is 59.5 Å². The highest BCUT2D eigenvalue weighted by Gasteiger charge is 2.40. The van der Waals surface area contributed by atoms with Gasteiger partial charge in [0.2, 0.25) is 5.78 Å². The fourth-order valence-corrected chi connectivity index (χ4v) is 3.66. The Bertz CT molecular complexity index is 998. The van der Waals surface area contributed by atoms with E-state index < -0.39 is 11.4 Å². The van der Waals surface area contributed by atoms with Gasteiger partial charge in [-0.3, -0.25) is 14.5 Å². The van der Waals surface area contributed by atoms with E-state index >= 15 is 0 Å². The van der Waals surface area contributed by atoms with Gasteiger partial charge in [0.05, 0.1) is 6.04 Å². The topological polar surface area (TPSA) is 83.9 Å². The maximum Gasteiger partial charge on any atom is 0.259 e. The highest BCUT2D eigenvalue weighted by atomic mass is 19.1. The lowest BCUT2D eigenvalue weighted by Crippen LogP contribution is -2.49. The first-order chi connectivity index (χ1) is 14.4. The fraction of sp³-hybridized carbons (Fsp3) is 0.364. The van der Waals surface area contributed by atoms with E-state index in [0.29, 0.717) is 17.7 Å². The molecule has 3 heterocycles. The summed E-state index contributed by atoms with van der Waals surface area (Å²) in [5, 5.41) is 7.14. The molecule has 1 aromatic heterocycles. The van der Waals surface area contributed by atoms with Crippen LogP contribution in [0.15, 0.2) is 47.8 Å². The number of hydrogen-bond donors (Lipinski definition) is 1. The molecule has 1 aromatic carbocycles. The van der Waals surface area contributed by atoms with Crippen LogP contribution in [-0.4, -0.2) is 47.1 Å². The molecule has 2 aromatic rings. The third-order valence-electron chi connectivity index (χ3n) is 5.35. The molecule has 8 heteroatoms. The summed E-state index contributed by atoms with van der Waals surface area (Å²) in [6.45, 7) is 4.74. The van der Waals surface area contributed by atoms with Crippen LogP contribution in [0.3, 0.4) is 0 Å². The normalized spacial score (nSPS) is 20.4. The first-order valence-corrected chi connectivity index (χ1v) is 9.95. The Morgan fingerprint density at radius 1 is 1.27 bits per heavy atom. The molecule has 0 radical (unpaired) electrons. The molecular formula is C22H23FN4O3. The second kappa shape index (κ2) is 7.95. The molecule has 1 saturated heterocycles. The number of oxime groups is 1. The Morgan fingerprint density at radius 2 is 2.03 bits per heavy atom. The summed E-state index contributed by atoms with van der Waals surface area (Å²) in [6.07, 6.45) is 3.12. The Morgan fingerprint density at radius 3 is 2.63 bits per heavy atom. The molecule has 1 N–H and O–H groups in total. The van der Waals surface area contributed by atoms with Crippen molar-refractivity contribution in [3.63, 3.8) is 0 Å². The average Bonchev–Trinajstić information content (AvgIpc) is 3.03. The fourth-order valence-electron chi connectivity index (χ4n) is 3.66. The number of ketones is 1. The Kier molecular flexibility index (Phi) is 5.34. The van der Waals surface area contributed by atoms with Crippen LogP contribution in [-0.2, 0) is 9.63 Å². The van der Waals surface area contributed by atoms with Crippen molar-refractivity contribution in [2.24, 2.45) is 5.16 Å². The Balaban J connectivity index is 1.63. The number of Topliss-reactive ketones (excluding diaryl/α,β-unsaturated/α-hetero) is 1. The molecule has 30 heavy (non-hydrogen) atoms. The van der Waals surface area contributed by atoms with E-state index in [-0.39, 0.29) is 29.3 Å². The summed E-state index contributed by atoms with van der Waals surface area (Å²) < 4.78 is 14.5. The highest BCUT2D eigenvalue weighted by Crippen LogP contribution is 2.26. The summed E-state index contributed by atoms with van der Waals surface area (Å²) in [7, 11) is 0. The molecule has 0 saturated carbocycles. The van der Waals surface area contributed by atoms with Crippen molar-refractivity contribution in [1.82, 2.24) is 10.3 Å². The van der Waals surface area contributed by atoms with Crippen LogP contribution < -0.4 is 10.2 Å². The number of pyridine rings is 1. The standard InChI is InChI=1S/C22H23FN4O3/c1-22(2)19(28)18(26-30-22)14-7-9-15(10-8-14)21(29)27(16-5-3-11-24-13-16)20-17(23)6-4-12-25-20/h4,6-10,12,16,24H,3,5,11,13H2,1-2H3/t16-/m1/s1. The van der Waals surface area contributed by atoms with Gasteiger partial charge in [0.1, 0.15) is 0 Å². The van der Waals surface area contributed by atoms with Crippen LogP contribution >= 0.6 is 0 Å². The van der Waals surface area contributed by atoms with Crippen LogP contribution in [0.25, 0.3) is 0 Å². The highest BCUT2D eigenvalue weighted by molar-refractivity contribution is 6.49. The quantitative estimate of drug-likeness (QED) is 0.838. The van der Waals surface area contributed by atoms with Crippen molar-refractivity contribution in [1.29, 1.82) is 0 Å². The van der Waals surface area contributed by atoms with Crippen LogP contribution in [0, 0.1) is 5.82 Å². The number of aromatic nitrogens is 1. The van der Waals surface area contributed by atoms with E-state index in [1.807, 2.05) is 0 Å². The SMILES string of the molecule is CC1(C)ON=C(c2ccc(C(=O)N(c3ncccc3F)[C@@H]3CCCNC3)cc2)C1=O. The number of benzene rings is 1. The first-order valence-electron chi connectivity index (χ1n) is 9.95. The lowest BCUT2D eigenvalue weighted by Gasteiger charge is -2.34. The largest absolute Gasteiger partial charge is 0.381 e. The van der Waals surface area contributed by atoms with Crippen LogP contribution in [0.2, 0.25) is 0 Å². The maximum absolute atomic E-state index is 14.5. The maximum atomic E-state index is 14.5. The molecule has 7 nitrogen and oxygen atoms in total. The van der Waals surface area contributed by atoms with Gasteiger partial charge < -0.3 is 10.2 Å². The van der Waals surface area contributed by atoms with Gasteiger partial charge in [-0.05, 0) is 57.5 Å². The number of nitrogens with one attached hydrogen (secondary N) is 1. The minimum Gasteiger partial charge on any atom is -0.381 e. The molecule has 156 valence electrons. The molecule has 4 rings (SSSR count). The summed E-state index contributed by atoms with van der Waals surface area (Å²) in [5.74, 6) is -1.08. The van der Waals surface area contributed by atoms with Gasteiger partial charge in [-0.15, -0.1) is 0 Å². The van der Waals surface area contributed by atoms with E-state index in [0.717, 1.165) is 19.4 Å². The van der Waals surface area contributed by atoms with Gasteiger partial charge in [0.25, 0.3) is 5.91 Å². The molecule has 1 fully saturated rings. The number of rotatable bonds is 4. The van der Waals surface area contributed by atoms with Crippen molar-refractivity contribution < 1.29 is 18.8 Å². The zero-order valence-corrected chi connectivity index (χ0v) is 16.9. The van der Waals surface area contributed by atoms with Gasteiger partial charge >= 0.3 is 0 Å². The molecule has 0 unspecified atom stereocenters. The predicted octanol–water partition coefficient (Wildman–Crippen LogP) is 2.70. The Hall–Kier alpha value is -3.13. The van der Waals surface area contributed by atoms with Gasteiger partial charge in [0.15, 0.2) is 22.9 Å². The van der Waals surface area contributed by atoms with Gasteiger partial charge in [-0.2, -0.15) is 0 Å². The molecule has 0 bridgehead atoms. The number of carbonyl (C=O) groups excluding carboxylic acids is 2. The summed E-state index contributed by atoms with van der Waals surface area (Å²) in [4.78, 5) is 36.5. The van der Waals surface area contributed by atoms with E-state index in [9.17, 15) is 14.0 Å². The summed E-state index contributed by atoms with van der Waals surface area (Å²) >= 11 is 0. The van der Waals surface area contributed by atoms with Crippen molar-refractivity contribution in [2.45, 2.75) is 38.3 Å². The lowest BCUT2D eigenvalue weighted by atomic mass is 9.95. The number of carbonyl (C=O) groups is 2. The van der Waals surface area contributed by atoms with Crippen LogP contribution in [0.5, 0.6) is 0 Å². The van der Waals surface area contributed by atoms with E-state index in [4.69, 9.17) is 4.84 Å². The van der Waals surface area contributed by atoms with Crippen molar-refractivity contribution in [3.8, 4) is 0 Å². The molecule has 2 aliphatic rings. The second-order valence-electron chi connectivity index (χ2n) is 7.93. The first kappa shape index (κ1) is 20.2. The van der Waals surface area contributed by atoms with E-state index in [1.54, 1.807) is 38.1 Å². The molecule has 1 amide bonds. The number of amides is 1. The van der Waals surface area contributed by atoms with E-state index in [1.165, 1.54) is 23.2 Å². The van der Waals surface area contributed by atoms with Gasteiger partial charge in [-0.25, -0.2) is 9.37 Å². The number of nitrogens with zero attached hydrogens (tertiary/aromatic N) is 3. The summed E-state index contributed by atoms with van der Waals surface area (Å²) in [5.41, 5.74) is 0.172. The Labute approximate surface area is 173 Å². The minimum atomic E-state index is -0.995. The van der Waals surface area contributed by atoms with Crippen molar-refractivity contribution in [2.75, 3.05) is 18.0 Å². The van der Waals surface area contributed by atoms with Gasteiger partial charge in [-0.1, -0.05) is 17.3 Å². The molecule has 0 spiro atoms. The van der Waals surface area contributed by atoms with Crippen molar-refractivity contribution >= 4 is 23.2 Å². The van der Waals surface area contributed by atoms with E-state index in [2.05, 4.69) is 15.5 Å². The van der Waals surface area contributed by atoms with Crippen LogP contribution in [0.1, 0.15) is 42.6 Å². The molecular weight excluding hydrogens is 387 g/mol. The lowest BCUT2D eigenvalue weighted by molar-refractivity contribution is -0.128. The molecule has 1 atom stereocenters. The number of piperidine rings is 1. The smallest absolute Gasteiger partial charge is 0.259 e. The average molecular weight is 410 g/mol. The second-order valence-corrected chi connectivity index (χ2v) is 7.93. The van der Waals surface area contributed by atoms with Crippen LogP contribution in [0.4, 0.5) is 10.2 Å². The number of anilines is 1. The third kappa shape index (κ3) is 3.70. The third-order valence-corrected chi connectivity index (χ3v) is 5.35. The molecule has 2 aliphatic heterocycles.